The number of rotatable bonds is 8. The first-order chi connectivity index (χ1) is 16.3. The van der Waals surface area contributed by atoms with Crippen LogP contribution in [0.15, 0.2) is 41.3 Å². The zero-order chi connectivity index (χ0) is 24.8. The van der Waals surface area contributed by atoms with E-state index in [4.69, 9.17) is 14.2 Å². The van der Waals surface area contributed by atoms with Crippen molar-refractivity contribution in [1.29, 1.82) is 0 Å². The van der Waals surface area contributed by atoms with Gasteiger partial charge in [-0.1, -0.05) is 0 Å². The molecule has 0 spiro atoms. The Hall–Kier alpha value is -3.99. The van der Waals surface area contributed by atoms with Crippen molar-refractivity contribution in [1.82, 2.24) is 4.90 Å². The average molecular weight is 487 g/mol. The van der Waals surface area contributed by atoms with Crippen molar-refractivity contribution in [3.05, 3.63) is 52.4 Å². The van der Waals surface area contributed by atoms with Crippen LogP contribution in [0.1, 0.15) is 22.8 Å². The van der Waals surface area contributed by atoms with Gasteiger partial charge in [-0.2, -0.15) is 0 Å². The summed E-state index contributed by atoms with van der Waals surface area (Å²) < 4.78 is 15.1. The number of nitrogens with one attached hydrogen (secondary N) is 1. The Morgan fingerprint density at radius 1 is 1.09 bits per heavy atom. The van der Waals surface area contributed by atoms with Gasteiger partial charge in [0.05, 0.1) is 31.3 Å². The van der Waals surface area contributed by atoms with Crippen LogP contribution in [0.2, 0.25) is 0 Å². The first-order valence-electron chi connectivity index (χ1n) is 10.0. The van der Waals surface area contributed by atoms with E-state index in [9.17, 15) is 24.3 Å². The number of ether oxygens (including phenoxy) is 3. The van der Waals surface area contributed by atoms with Gasteiger partial charge in [-0.3, -0.25) is 19.3 Å². The number of phenols is 1. The number of hydrogen-bond donors (Lipinski definition) is 2. The topological polar surface area (TPSA) is 131 Å². The van der Waals surface area contributed by atoms with E-state index in [1.165, 1.54) is 56.7 Å². The lowest BCUT2D eigenvalue weighted by molar-refractivity contribution is -0.127. The summed E-state index contributed by atoms with van der Waals surface area (Å²) in [5.74, 6) is -1.61. The normalized spacial score (nSPS) is 14.3. The number of phenolic OH excluding ortho intramolecular Hbond substituents is 1. The highest BCUT2D eigenvalue weighted by molar-refractivity contribution is 8.18. The van der Waals surface area contributed by atoms with Crippen LogP contribution in [0.3, 0.4) is 0 Å². The Labute approximate surface area is 199 Å². The fourth-order valence-corrected chi connectivity index (χ4v) is 3.87. The maximum absolute atomic E-state index is 12.7. The molecular weight excluding hydrogens is 464 g/mol. The number of esters is 1. The van der Waals surface area contributed by atoms with Gasteiger partial charge in [0.1, 0.15) is 6.54 Å². The Morgan fingerprint density at radius 3 is 2.26 bits per heavy atom. The molecule has 3 amide bonds. The van der Waals surface area contributed by atoms with Crippen molar-refractivity contribution < 1.29 is 38.5 Å². The van der Waals surface area contributed by atoms with Crippen molar-refractivity contribution in [2.75, 3.05) is 32.7 Å². The standard InChI is InChI=1S/C23H22N2O8S/c1-4-33-22(29)14-5-7-15(8-6-14)24-19(26)12-25-21(28)18(34-23(25)30)11-13-9-16(31-2)20(27)17(10-13)32-3/h5-11,27H,4,12H2,1-3H3,(H,24,26)/b18-11-. The molecule has 0 saturated carbocycles. The molecule has 11 heteroatoms. The largest absolute Gasteiger partial charge is 0.502 e. The molecule has 0 aliphatic carbocycles. The highest BCUT2D eigenvalue weighted by atomic mass is 32.2. The molecule has 2 aromatic rings. The lowest BCUT2D eigenvalue weighted by atomic mass is 10.1. The number of hydrogen-bond acceptors (Lipinski definition) is 9. The number of aromatic hydroxyl groups is 1. The van der Waals surface area contributed by atoms with Gasteiger partial charge in [-0.25, -0.2) is 4.79 Å². The number of methoxy groups -OCH3 is 2. The fourth-order valence-electron chi connectivity index (χ4n) is 3.03. The lowest BCUT2D eigenvalue weighted by Gasteiger charge is -2.13. The molecule has 1 fully saturated rings. The number of amides is 3. The number of imide groups is 1. The van der Waals surface area contributed by atoms with Gasteiger partial charge in [0, 0.05) is 5.69 Å². The minimum atomic E-state index is -0.631. The van der Waals surface area contributed by atoms with Crippen molar-refractivity contribution in [3.8, 4) is 17.2 Å². The number of thioether (sulfide) groups is 1. The Bertz CT molecular complexity index is 1140. The van der Waals surface area contributed by atoms with Crippen LogP contribution >= 0.6 is 11.8 Å². The lowest BCUT2D eigenvalue weighted by Crippen LogP contribution is -2.36. The molecule has 1 aliphatic rings. The third-order valence-electron chi connectivity index (χ3n) is 4.65. The molecule has 0 bridgehead atoms. The zero-order valence-electron chi connectivity index (χ0n) is 18.6. The van der Waals surface area contributed by atoms with E-state index in [0.717, 1.165) is 4.90 Å². The number of benzene rings is 2. The zero-order valence-corrected chi connectivity index (χ0v) is 19.4. The quantitative estimate of drug-likeness (QED) is 0.426. The van der Waals surface area contributed by atoms with Crippen molar-refractivity contribution in [2.24, 2.45) is 0 Å². The average Bonchev–Trinajstić information content (AvgIpc) is 3.07. The molecule has 3 rings (SSSR count). The maximum Gasteiger partial charge on any atom is 0.338 e. The number of anilines is 1. The molecule has 0 aromatic heterocycles. The van der Waals surface area contributed by atoms with Gasteiger partial charge in [0.15, 0.2) is 11.5 Å². The molecule has 178 valence electrons. The van der Waals surface area contributed by atoms with Crippen molar-refractivity contribution in [3.63, 3.8) is 0 Å². The molecule has 0 radical (unpaired) electrons. The molecule has 10 nitrogen and oxygen atoms in total. The van der Waals surface area contributed by atoms with Crippen LogP contribution in [0.25, 0.3) is 6.08 Å². The van der Waals surface area contributed by atoms with Gasteiger partial charge in [-0.15, -0.1) is 0 Å². The SMILES string of the molecule is CCOC(=O)c1ccc(NC(=O)CN2C(=O)S/C(=C\c3cc(OC)c(O)c(OC)c3)C2=O)cc1. The predicted octanol–water partition coefficient (Wildman–Crippen LogP) is 3.26. The monoisotopic (exact) mass is 486 g/mol. The summed E-state index contributed by atoms with van der Waals surface area (Å²) in [6.45, 7) is 1.46. The summed E-state index contributed by atoms with van der Waals surface area (Å²) in [6, 6.07) is 9.00. The molecule has 1 heterocycles. The fraction of sp³-hybridized carbons (Fsp3) is 0.217. The van der Waals surface area contributed by atoms with Crippen molar-refractivity contribution >= 4 is 46.5 Å². The predicted molar refractivity (Wildman–Crippen MR) is 125 cm³/mol. The van der Waals surface area contributed by atoms with Gasteiger partial charge >= 0.3 is 5.97 Å². The van der Waals surface area contributed by atoms with Gasteiger partial charge in [0.25, 0.3) is 11.1 Å². The van der Waals surface area contributed by atoms with Gasteiger partial charge < -0.3 is 24.6 Å². The molecule has 2 N–H and O–H groups in total. The number of carbonyl (C=O) groups excluding carboxylic acids is 4. The third kappa shape index (κ3) is 5.49. The Kier molecular flexibility index (Phi) is 7.79. The smallest absolute Gasteiger partial charge is 0.338 e. The highest BCUT2D eigenvalue weighted by Crippen LogP contribution is 2.39. The summed E-state index contributed by atoms with van der Waals surface area (Å²) >= 11 is 0.689. The minimum Gasteiger partial charge on any atom is -0.502 e. The van der Waals surface area contributed by atoms with Crippen LogP contribution in [0.4, 0.5) is 10.5 Å². The van der Waals surface area contributed by atoms with Crippen LogP contribution in [-0.2, 0) is 14.3 Å². The van der Waals surface area contributed by atoms with E-state index in [1.54, 1.807) is 6.92 Å². The van der Waals surface area contributed by atoms with E-state index in [0.29, 0.717) is 28.6 Å². The first-order valence-corrected chi connectivity index (χ1v) is 10.9. The first kappa shape index (κ1) is 24.6. The van der Waals surface area contributed by atoms with E-state index >= 15 is 0 Å². The van der Waals surface area contributed by atoms with E-state index in [-0.39, 0.29) is 28.8 Å². The summed E-state index contributed by atoms with van der Waals surface area (Å²) in [5.41, 5.74) is 1.19. The Balaban J connectivity index is 1.69. The molecule has 1 aliphatic heterocycles. The number of nitrogens with zero attached hydrogens (tertiary/aromatic N) is 1. The van der Waals surface area contributed by atoms with E-state index < -0.39 is 29.6 Å². The summed E-state index contributed by atoms with van der Waals surface area (Å²) in [7, 11) is 2.74. The van der Waals surface area contributed by atoms with Gasteiger partial charge in [0.2, 0.25) is 11.7 Å². The number of carbonyl (C=O) groups is 4. The molecule has 34 heavy (non-hydrogen) atoms. The highest BCUT2D eigenvalue weighted by Gasteiger charge is 2.36. The second kappa shape index (κ2) is 10.8. The van der Waals surface area contributed by atoms with E-state index in [1.807, 2.05) is 0 Å². The van der Waals surface area contributed by atoms with Crippen molar-refractivity contribution in [2.45, 2.75) is 6.92 Å². The summed E-state index contributed by atoms with van der Waals surface area (Å²) in [5, 5.41) is 12.0. The summed E-state index contributed by atoms with van der Waals surface area (Å²) in [4.78, 5) is 50.1. The van der Waals surface area contributed by atoms with E-state index in [2.05, 4.69) is 5.32 Å². The molecule has 1 saturated heterocycles. The Morgan fingerprint density at radius 2 is 1.71 bits per heavy atom. The second-order valence-corrected chi connectivity index (χ2v) is 7.88. The van der Waals surface area contributed by atoms with Crippen LogP contribution in [0.5, 0.6) is 17.2 Å². The maximum atomic E-state index is 12.7. The van der Waals surface area contributed by atoms with Crippen LogP contribution in [0, 0.1) is 0 Å². The summed E-state index contributed by atoms with van der Waals surface area (Å²) in [6.07, 6.45) is 1.45. The third-order valence-corrected chi connectivity index (χ3v) is 5.56. The molecule has 2 aromatic carbocycles. The van der Waals surface area contributed by atoms with Gasteiger partial charge in [-0.05, 0) is 66.7 Å². The molecule has 0 unspecified atom stereocenters. The van der Waals surface area contributed by atoms with Crippen LogP contribution in [-0.4, -0.2) is 60.4 Å². The minimum absolute atomic E-state index is 0.103. The molecular formula is C23H22N2O8S. The molecule has 0 atom stereocenters. The second-order valence-electron chi connectivity index (χ2n) is 6.89. The van der Waals surface area contributed by atoms with Crippen LogP contribution < -0.4 is 14.8 Å².